The molecule has 0 unspecified atom stereocenters. The van der Waals surface area contributed by atoms with Crippen LogP contribution >= 0.6 is 0 Å². The van der Waals surface area contributed by atoms with Gasteiger partial charge in [-0.1, -0.05) is 13.3 Å². The highest BCUT2D eigenvalue weighted by Crippen LogP contribution is 2.31. The first-order valence-corrected chi connectivity index (χ1v) is 9.32. The molecule has 0 radical (unpaired) electrons. The van der Waals surface area contributed by atoms with Crippen molar-refractivity contribution in [1.29, 1.82) is 0 Å². The number of nitrogens with zero attached hydrogens (tertiary/aromatic N) is 3. The van der Waals surface area contributed by atoms with Crippen molar-refractivity contribution < 1.29 is 19.1 Å². The van der Waals surface area contributed by atoms with Gasteiger partial charge in [0.25, 0.3) is 11.8 Å². The number of likely N-dealkylation sites (tertiary alicyclic amines) is 1. The summed E-state index contributed by atoms with van der Waals surface area (Å²) < 4.78 is 11.4. The summed E-state index contributed by atoms with van der Waals surface area (Å²) in [4.78, 5) is 32.9. The van der Waals surface area contributed by atoms with E-state index in [1.807, 2.05) is 0 Å². The summed E-state index contributed by atoms with van der Waals surface area (Å²) >= 11 is 0. The molecule has 0 aromatic carbocycles. The number of rotatable bonds is 5. The molecule has 0 N–H and O–H groups in total. The van der Waals surface area contributed by atoms with Gasteiger partial charge in [-0.2, -0.15) is 0 Å². The van der Waals surface area contributed by atoms with Gasteiger partial charge in [-0.3, -0.25) is 14.6 Å². The van der Waals surface area contributed by atoms with E-state index in [9.17, 15) is 9.59 Å². The predicted molar refractivity (Wildman–Crippen MR) is 95.9 cm³/mol. The summed E-state index contributed by atoms with van der Waals surface area (Å²) in [6.45, 7) is 5.17. The molecule has 1 aromatic rings. The second-order valence-corrected chi connectivity index (χ2v) is 6.94. The van der Waals surface area contributed by atoms with E-state index in [0.29, 0.717) is 56.8 Å². The molecule has 0 atom stereocenters. The van der Waals surface area contributed by atoms with Gasteiger partial charge < -0.3 is 19.3 Å². The largest absolute Gasteiger partial charge is 0.347 e. The molecule has 3 heterocycles. The summed E-state index contributed by atoms with van der Waals surface area (Å²) in [5, 5.41) is 0. The van der Waals surface area contributed by atoms with Crippen molar-refractivity contribution in [3.63, 3.8) is 0 Å². The predicted octanol–water partition coefficient (Wildman–Crippen LogP) is 1.93. The molecular weight excluding hydrogens is 334 g/mol. The van der Waals surface area contributed by atoms with Crippen molar-refractivity contribution in [1.82, 2.24) is 14.8 Å². The standard InChI is InChI=1S/C19H27N3O4/c1-3-4-7-21(2)17(23)15-12-16(14-20-13-15)18(24)22-8-5-19(6-9-22)25-10-11-26-19/h12-14H,3-11H2,1-2H3. The minimum atomic E-state index is -0.505. The third kappa shape index (κ3) is 4.04. The Hall–Kier alpha value is -1.99. The molecule has 26 heavy (non-hydrogen) atoms. The third-order valence-electron chi connectivity index (χ3n) is 5.05. The van der Waals surface area contributed by atoms with E-state index in [1.165, 1.54) is 12.4 Å². The number of hydrogen-bond acceptors (Lipinski definition) is 5. The first-order valence-electron chi connectivity index (χ1n) is 9.32. The fourth-order valence-electron chi connectivity index (χ4n) is 3.41. The molecule has 0 aliphatic carbocycles. The Kier molecular flexibility index (Phi) is 5.88. The Morgan fingerprint density at radius 1 is 1.19 bits per heavy atom. The molecule has 2 amide bonds. The number of amides is 2. The molecule has 2 aliphatic rings. The van der Waals surface area contributed by atoms with E-state index in [0.717, 1.165) is 12.8 Å². The third-order valence-corrected chi connectivity index (χ3v) is 5.05. The normalized spacial score (nSPS) is 18.9. The Labute approximate surface area is 154 Å². The van der Waals surface area contributed by atoms with Crippen molar-refractivity contribution in [3.8, 4) is 0 Å². The summed E-state index contributed by atoms with van der Waals surface area (Å²) in [6.07, 6.45) is 6.37. The number of unbranched alkanes of at least 4 members (excludes halogenated alkanes) is 1. The smallest absolute Gasteiger partial charge is 0.255 e. The van der Waals surface area contributed by atoms with Crippen LogP contribution in [0.4, 0.5) is 0 Å². The maximum absolute atomic E-state index is 12.8. The Morgan fingerprint density at radius 3 is 2.50 bits per heavy atom. The second kappa shape index (κ2) is 8.14. The number of pyridine rings is 1. The maximum atomic E-state index is 12.8. The van der Waals surface area contributed by atoms with Crippen LogP contribution in [0.3, 0.4) is 0 Å². The summed E-state index contributed by atoms with van der Waals surface area (Å²) in [5.41, 5.74) is 0.898. The van der Waals surface area contributed by atoms with Crippen molar-refractivity contribution >= 4 is 11.8 Å². The van der Waals surface area contributed by atoms with E-state index in [4.69, 9.17) is 9.47 Å². The molecule has 1 aromatic heterocycles. The minimum absolute atomic E-state index is 0.101. The number of aromatic nitrogens is 1. The molecule has 0 saturated carbocycles. The van der Waals surface area contributed by atoms with Crippen LogP contribution in [0.25, 0.3) is 0 Å². The van der Waals surface area contributed by atoms with Crippen molar-refractivity contribution in [2.45, 2.75) is 38.4 Å². The minimum Gasteiger partial charge on any atom is -0.347 e. The monoisotopic (exact) mass is 361 g/mol. The summed E-state index contributed by atoms with van der Waals surface area (Å²) in [5.74, 6) is -0.711. The highest BCUT2D eigenvalue weighted by molar-refractivity contribution is 5.99. The quantitative estimate of drug-likeness (QED) is 0.801. The van der Waals surface area contributed by atoms with Crippen LogP contribution in [0.5, 0.6) is 0 Å². The molecule has 0 bridgehead atoms. The van der Waals surface area contributed by atoms with Gasteiger partial charge in [0.1, 0.15) is 0 Å². The molecule has 7 nitrogen and oxygen atoms in total. The second-order valence-electron chi connectivity index (χ2n) is 6.94. The van der Waals surface area contributed by atoms with E-state index < -0.39 is 5.79 Å². The SMILES string of the molecule is CCCCN(C)C(=O)c1cncc(C(=O)N2CCC3(CC2)OCCO3)c1. The van der Waals surface area contributed by atoms with Crippen LogP contribution in [0.2, 0.25) is 0 Å². The van der Waals surface area contributed by atoms with Gasteiger partial charge in [0.15, 0.2) is 5.79 Å². The van der Waals surface area contributed by atoms with E-state index in [1.54, 1.807) is 22.9 Å². The number of carbonyl (C=O) groups is 2. The number of carbonyl (C=O) groups excluding carboxylic acids is 2. The summed E-state index contributed by atoms with van der Waals surface area (Å²) in [6, 6.07) is 1.65. The average molecular weight is 361 g/mol. The Balaban J connectivity index is 1.64. The number of ether oxygens (including phenoxy) is 2. The van der Waals surface area contributed by atoms with Crippen molar-refractivity contribution in [3.05, 3.63) is 29.6 Å². The van der Waals surface area contributed by atoms with Crippen molar-refractivity contribution in [2.24, 2.45) is 0 Å². The zero-order valence-electron chi connectivity index (χ0n) is 15.6. The van der Waals surface area contributed by atoms with Gasteiger partial charge in [0.2, 0.25) is 0 Å². The lowest BCUT2D eigenvalue weighted by atomic mass is 10.0. The van der Waals surface area contributed by atoms with E-state index >= 15 is 0 Å². The molecular formula is C19H27N3O4. The van der Waals surface area contributed by atoms with Gasteiger partial charge in [-0.25, -0.2) is 0 Å². The summed E-state index contributed by atoms with van der Waals surface area (Å²) in [7, 11) is 1.78. The lowest BCUT2D eigenvalue weighted by Crippen LogP contribution is -2.47. The van der Waals surface area contributed by atoms with Crippen LogP contribution in [0.1, 0.15) is 53.3 Å². The molecule has 142 valence electrons. The zero-order valence-corrected chi connectivity index (χ0v) is 15.6. The lowest BCUT2D eigenvalue weighted by Gasteiger charge is -2.37. The molecule has 2 saturated heterocycles. The van der Waals surface area contributed by atoms with Gasteiger partial charge in [-0.15, -0.1) is 0 Å². The lowest BCUT2D eigenvalue weighted by molar-refractivity contribution is -0.181. The highest BCUT2D eigenvalue weighted by Gasteiger charge is 2.40. The van der Waals surface area contributed by atoms with Crippen LogP contribution in [-0.4, -0.2) is 72.3 Å². The first kappa shape index (κ1) is 18.8. The van der Waals surface area contributed by atoms with Crippen LogP contribution in [-0.2, 0) is 9.47 Å². The van der Waals surface area contributed by atoms with Crippen LogP contribution in [0, 0.1) is 0 Å². The Morgan fingerprint density at radius 2 is 1.85 bits per heavy atom. The van der Waals surface area contributed by atoms with E-state index in [-0.39, 0.29) is 11.8 Å². The highest BCUT2D eigenvalue weighted by atomic mass is 16.7. The van der Waals surface area contributed by atoms with Gasteiger partial charge in [-0.05, 0) is 12.5 Å². The average Bonchev–Trinajstić information content (AvgIpc) is 3.13. The van der Waals surface area contributed by atoms with Gasteiger partial charge in [0, 0.05) is 51.9 Å². The van der Waals surface area contributed by atoms with Gasteiger partial charge in [0.05, 0.1) is 24.3 Å². The van der Waals surface area contributed by atoms with E-state index in [2.05, 4.69) is 11.9 Å². The number of piperidine rings is 1. The molecule has 1 spiro atoms. The fourth-order valence-corrected chi connectivity index (χ4v) is 3.41. The Bertz CT molecular complexity index is 648. The molecule has 2 aliphatic heterocycles. The van der Waals surface area contributed by atoms with Crippen LogP contribution < -0.4 is 0 Å². The topological polar surface area (TPSA) is 72.0 Å². The molecule has 3 rings (SSSR count). The molecule has 7 heteroatoms. The zero-order chi connectivity index (χ0) is 18.6. The van der Waals surface area contributed by atoms with Crippen LogP contribution in [0.15, 0.2) is 18.5 Å². The first-order chi connectivity index (χ1) is 12.5. The molecule has 2 fully saturated rings. The van der Waals surface area contributed by atoms with Crippen molar-refractivity contribution in [2.75, 3.05) is 39.9 Å². The fraction of sp³-hybridized carbons (Fsp3) is 0.632. The maximum Gasteiger partial charge on any atom is 0.255 e. The van der Waals surface area contributed by atoms with Gasteiger partial charge >= 0.3 is 0 Å². The number of hydrogen-bond donors (Lipinski definition) is 0.